The summed E-state index contributed by atoms with van der Waals surface area (Å²) in [6.07, 6.45) is 15.3. The Kier molecular flexibility index (Phi) is 17.1. The molecule has 0 aliphatic rings. The lowest BCUT2D eigenvalue weighted by molar-refractivity contribution is -0.145. The first-order valence-corrected chi connectivity index (χ1v) is 12.2. The number of carbonyl (C=O) groups is 1. The van der Waals surface area contributed by atoms with Crippen LogP contribution >= 0.6 is 0 Å². The molecule has 1 aromatic carbocycles. The molecule has 0 saturated heterocycles. The van der Waals surface area contributed by atoms with E-state index in [9.17, 15) is 4.79 Å². The highest BCUT2D eigenvalue weighted by molar-refractivity contribution is 5.69. The van der Waals surface area contributed by atoms with Gasteiger partial charge >= 0.3 is 5.97 Å². The van der Waals surface area contributed by atoms with Crippen LogP contribution < -0.4 is 4.74 Å². The standard InChI is InChI=1S/C26H44O4/c1-3-5-7-9-11-12-14-24-16-18-25(19-17-24)29-22-20-28-21-23-30-26(27)15-13-10-8-6-4-2/h16-19H,3-15,20-23H2,1-2H3. The highest BCUT2D eigenvalue weighted by atomic mass is 16.6. The lowest BCUT2D eigenvalue weighted by atomic mass is 10.0. The van der Waals surface area contributed by atoms with Gasteiger partial charge in [-0.05, 0) is 37.0 Å². The summed E-state index contributed by atoms with van der Waals surface area (Å²) in [4.78, 5) is 11.6. The number of aryl methyl sites for hydroxylation is 1. The van der Waals surface area contributed by atoms with Crippen LogP contribution in [0.3, 0.4) is 0 Å². The molecule has 0 N–H and O–H groups in total. The number of benzene rings is 1. The quantitative estimate of drug-likeness (QED) is 0.170. The molecule has 172 valence electrons. The molecule has 1 aromatic rings. The Labute approximate surface area is 184 Å². The SMILES string of the molecule is CCCCCCCCc1ccc(OCCOCCOC(=O)CCCCCCC)cc1. The van der Waals surface area contributed by atoms with Gasteiger partial charge < -0.3 is 14.2 Å². The third-order valence-corrected chi connectivity index (χ3v) is 5.21. The second kappa shape index (κ2) is 19.4. The fourth-order valence-corrected chi connectivity index (χ4v) is 3.34. The number of ether oxygens (including phenoxy) is 3. The molecule has 0 heterocycles. The van der Waals surface area contributed by atoms with Gasteiger partial charge in [0.1, 0.15) is 19.0 Å². The van der Waals surface area contributed by atoms with Gasteiger partial charge in [0.05, 0.1) is 13.2 Å². The van der Waals surface area contributed by atoms with Crippen LogP contribution in [-0.4, -0.2) is 32.4 Å². The average molecular weight is 421 g/mol. The van der Waals surface area contributed by atoms with E-state index in [1.54, 1.807) is 0 Å². The Hall–Kier alpha value is -1.55. The largest absolute Gasteiger partial charge is 0.491 e. The van der Waals surface area contributed by atoms with Crippen molar-refractivity contribution in [3.8, 4) is 5.75 Å². The van der Waals surface area contributed by atoms with Crippen molar-refractivity contribution in [1.82, 2.24) is 0 Å². The maximum atomic E-state index is 11.6. The van der Waals surface area contributed by atoms with E-state index in [4.69, 9.17) is 14.2 Å². The number of unbranched alkanes of at least 4 members (excludes halogenated alkanes) is 9. The van der Waals surface area contributed by atoms with Crippen molar-refractivity contribution in [2.75, 3.05) is 26.4 Å². The van der Waals surface area contributed by atoms with Crippen LogP contribution in [0.25, 0.3) is 0 Å². The van der Waals surface area contributed by atoms with Crippen molar-refractivity contribution in [2.24, 2.45) is 0 Å². The highest BCUT2D eigenvalue weighted by Gasteiger charge is 2.02. The fraction of sp³-hybridized carbons (Fsp3) is 0.731. The molecule has 0 saturated carbocycles. The van der Waals surface area contributed by atoms with E-state index in [0.29, 0.717) is 32.8 Å². The smallest absolute Gasteiger partial charge is 0.305 e. The maximum absolute atomic E-state index is 11.6. The second-order valence-electron chi connectivity index (χ2n) is 8.01. The minimum atomic E-state index is -0.118. The molecule has 0 radical (unpaired) electrons. The Balaban J connectivity index is 1.95. The van der Waals surface area contributed by atoms with Gasteiger partial charge in [0, 0.05) is 6.42 Å². The minimum absolute atomic E-state index is 0.118. The second-order valence-corrected chi connectivity index (χ2v) is 8.01. The maximum Gasteiger partial charge on any atom is 0.305 e. The molecular formula is C26H44O4. The molecule has 0 fully saturated rings. The summed E-state index contributed by atoms with van der Waals surface area (Å²) in [5.41, 5.74) is 1.38. The topological polar surface area (TPSA) is 44.8 Å². The Morgan fingerprint density at radius 1 is 0.700 bits per heavy atom. The molecule has 4 nitrogen and oxygen atoms in total. The molecule has 0 aliphatic heterocycles. The minimum Gasteiger partial charge on any atom is -0.491 e. The van der Waals surface area contributed by atoms with Crippen LogP contribution in [0.1, 0.15) is 96.5 Å². The van der Waals surface area contributed by atoms with Crippen molar-refractivity contribution >= 4 is 5.97 Å². The van der Waals surface area contributed by atoms with Crippen LogP contribution in [0.4, 0.5) is 0 Å². The summed E-state index contributed by atoms with van der Waals surface area (Å²) >= 11 is 0. The van der Waals surface area contributed by atoms with Crippen LogP contribution in [0.2, 0.25) is 0 Å². The molecular weight excluding hydrogens is 376 g/mol. The zero-order valence-corrected chi connectivity index (χ0v) is 19.5. The lowest BCUT2D eigenvalue weighted by Crippen LogP contribution is -2.13. The molecule has 1 rings (SSSR count). The van der Waals surface area contributed by atoms with Crippen molar-refractivity contribution in [3.63, 3.8) is 0 Å². The third kappa shape index (κ3) is 15.3. The molecule has 4 heteroatoms. The first-order valence-electron chi connectivity index (χ1n) is 12.2. The zero-order valence-electron chi connectivity index (χ0n) is 19.5. The van der Waals surface area contributed by atoms with E-state index in [1.807, 2.05) is 12.1 Å². The van der Waals surface area contributed by atoms with Crippen molar-refractivity contribution in [1.29, 1.82) is 0 Å². The number of rotatable bonds is 20. The van der Waals surface area contributed by atoms with Crippen molar-refractivity contribution < 1.29 is 19.0 Å². The molecule has 0 amide bonds. The molecule has 30 heavy (non-hydrogen) atoms. The first kappa shape index (κ1) is 26.5. The van der Waals surface area contributed by atoms with Gasteiger partial charge in [-0.3, -0.25) is 4.79 Å². The van der Waals surface area contributed by atoms with Crippen LogP contribution in [-0.2, 0) is 20.7 Å². The molecule has 0 bridgehead atoms. The van der Waals surface area contributed by atoms with Gasteiger partial charge in [0.25, 0.3) is 0 Å². The van der Waals surface area contributed by atoms with Gasteiger partial charge in [-0.25, -0.2) is 0 Å². The molecule has 0 unspecified atom stereocenters. The van der Waals surface area contributed by atoms with Gasteiger partial charge in [-0.1, -0.05) is 83.8 Å². The zero-order chi connectivity index (χ0) is 21.7. The van der Waals surface area contributed by atoms with E-state index in [1.165, 1.54) is 63.4 Å². The van der Waals surface area contributed by atoms with Crippen molar-refractivity contribution in [3.05, 3.63) is 29.8 Å². The number of carbonyl (C=O) groups excluding carboxylic acids is 1. The molecule has 0 aliphatic carbocycles. The summed E-state index contributed by atoms with van der Waals surface area (Å²) in [6, 6.07) is 8.39. The summed E-state index contributed by atoms with van der Waals surface area (Å²) in [5.74, 6) is 0.757. The van der Waals surface area contributed by atoms with Gasteiger partial charge in [0.15, 0.2) is 0 Å². The number of hydrogen-bond donors (Lipinski definition) is 0. The Morgan fingerprint density at radius 2 is 1.30 bits per heavy atom. The van der Waals surface area contributed by atoms with E-state index >= 15 is 0 Å². The van der Waals surface area contributed by atoms with Crippen LogP contribution in [0.15, 0.2) is 24.3 Å². The van der Waals surface area contributed by atoms with Gasteiger partial charge in [-0.15, -0.1) is 0 Å². The lowest BCUT2D eigenvalue weighted by Gasteiger charge is -2.09. The van der Waals surface area contributed by atoms with Crippen molar-refractivity contribution in [2.45, 2.75) is 97.3 Å². The Bertz CT molecular complexity index is 512. The van der Waals surface area contributed by atoms with E-state index in [0.717, 1.165) is 25.0 Å². The van der Waals surface area contributed by atoms with E-state index in [-0.39, 0.29) is 5.97 Å². The average Bonchev–Trinajstić information content (AvgIpc) is 2.76. The summed E-state index contributed by atoms with van der Waals surface area (Å²) in [7, 11) is 0. The van der Waals surface area contributed by atoms with Crippen LogP contribution in [0, 0.1) is 0 Å². The fourth-order valence-electron chi connectivity index (χ4n) is 3.34. The number of esters is 1. The molecule has 0 aromatic heterocycles. The number of hydrogen-bond acceptors (Lipinski definition) is 4. The van der Waals surface area contributed by atoms with Crippen LogP contribution in [0.5, 0.6) is 5.75 Å². The third-order valence-electron chi connectivity index (χ3n) is 5.21. The predicted octanol–water partition coefficient (Wildman–Crippen LogP) is 6.89. The highest BCUT2D eigenvalue weighted by Crippen LogP contribution is 2.15. The monoisotopic (exact) mass is 420 g/mol. The normalized spacial score (nSPS) is 10.9. The van der Waals surface area contributed by atoms with E-state index in [2.05, 4.69) is 26.0 Å². The predicted molar refractivity (Wildman–Crippen MR) is 124 cm³/mol. The summed E-state index contributed by atoms with van der Waals surface area (Å²) in [5, 5.41) is 0. The first-order chi connectivity index (χ1) is 14.8. The van der Waals surface area contributed by atoms with Gasteiger partial charge in [0.2, 0.25) is 0 Å². The summed E-state index contributed by atoms with van der Waals surface area (Å²) in [6.45, 7) is 6.18. The van der Waals surface area contributed by atoms with Gasteiger partial charge in [-0.2, -0.15) is 0 Å². The van der Waals surface area contributed by atoms with E-state index < -0.39 is 0 Å². The molecule has 0 spiro atoms. The summed E-state index contributed by atoms with van der Waals surface area (Å²) < 4.78 is 16.4. The Morgan fingerprint density at radius 3 is 2.00 bits per heavy atom. The molecule has 0 atom stereocenters.